The number of hydrogen-bond acceptors (Lipinski definition) is 3. The molecular weight excluding hydrogens is 364 g/mol. The minimum atomic E-state index is -0.553. The first-order valence-electron chi connectivity index (χ1n) is 8.28. The van der Waals surface area contributed by atoms with Crippen LogP contribution in [0.3, 0.4) is 0 Å². The van der Waals surface area contributed by atoms with Crippen LogP contribution in [0.2, 0.25) is 0 Å². The third-order valence-corrected chi connectivity index (χ3v) is 3.75. The molecule has 140 valence electrons. The van der Waals surface area contributed by atoms with Gasteiger partial charge in [-0.3, -0.25) is 9.59 Å². The van der Waals surface area contributed by atoms with Gasteiger partial charge in [-0.05, 0) is 54.1 Å². The topological polar surface area (TPSA) is 70.6 Å². The van der Waals surface area contributed by atoms with Gasteiger partial charge in [0.25, 0.3) is 11.8 Å². The highest BCUT2D eigenvalue weighted by atomic mass is 19.1. The predicted octanol–water partition coefficient (Wildman–Crippen LogP) is 3.98. The molecule has 2 N–H and O–H groups in total. The number of carbonyl (C=O) groups is 2. The normalized spacial score (nSPS) is 10.6. The first-order chi connectivity index (χ1) is 13.5. The van der Waals surface area contributed by atoms with Crippen LogP contribution in [0.1, 0.15) is 26.3 Å². The summed E-state index contributed by atoms with van der Waals surface area (Å²) >= 11 is 0. The summed E-state index contributed by atoms with van der Waals surface area (Å²) in [7, 11) is 0. The van der Waals surface area contributed by atoms with Gasteiger partial charge in [-0.15, -0.1) is 0 Å². The van der Waals surface area contributed by atoms with Crippen molar-refractivity contribution in [3.63, 3.8) is 0 Å². The molecule has 0 heterocycles. The largest absolute Gasteiger partial charge is 0.321 e. The molecule has 0 aliphatic carbocycles. The highest BCUT2D eigenvalue weighted by molar-refractivity contribution is 6.09. The second-order valence-corrected chi connectivity index (χ2v) is 5.76. The third-order valence-electron chi connectivity index (χ3n) is 3.75. The Bertz CT molecular complexity index is 1030. The lowest BCUT2D eigenvalue weighted by molar-refractivity contribution is 0.0956. The van der Waals surface area contributed by atoms with Crippen molar-refractivity contribution in [3.8, 4) is 0 Å². The van der Waals surface area contributed by atoms with Crippen LogP contribution in [-0.4, -0.2) is 18.0 Å². The summed E-state index contributed by atoms with van der Waals surface area (Å²) in [6, 6.07) is 17.2. The van der Waals surface area contributed by atoms with Crippen molar-refractivity contribution in [2.75, 3.05) is 5.32 Å². The minimum absolute atomic E-state index is 0.189. The molecule has 0 aliphatic rings. The van der Waals surface area contributed by atoms with E-state index in [4.69, 9.17) is 0 Å². The van der Waals surface area contributed by atoms with Crippen LogP contribution in [0.4, 0.5) is 14.5 Å². The van der Waals surface area contributed by atoms with Crippen molar-refractivity contribution >= 4 is 23.7 Å². The van der Waals surface area contributed by atoms with Gasteiger partial charge in [0, 0.05) is 5.56 Å². The van der Waals surface area contributed by atoms with Gasteiger partial charge in [-0.2, -0.15) is 5.10 Å². The quantitative estimate of drug-likeness (QED) is 0.520. The van der Waals surface area contributed by atoms with Gasteiger partial charge < -0.3 is 5.32 Å². The molecule has 0 unspecified atom stereocenters. The maximum absolute atomic E-state index is 13.1. The summed E-state index contributed by atoms with van der Waals surface area (Å²) < 4.78 is 26.1. The molecule has 3 aromatic carbocycles. The number of hydrazone groups is 1. The molecule has 7 heteroatoms. The van der Waals surface area contributed by atoms with Crippen molar-refractivity contribution < 1.29 is 18.4 Å². The van der Waals surface area contributed by atoms with Gasteiger partial charge in [-0.1, -0.05) is 24.3 Å². The van der Waals surface area contributed by atoms with E-state index >= 15 is 0 Å². The zero-order valence-corrected chi connectivity index (χ0v) is 14.5. The molecule has 0 saturated carbocycles. The zero-order valence-electron chi connectivity index (χ0n) is 14.5. The minimum Gasteiger partial charge on any atom is -0.321 e. The first kappa shape index (κ1) is 18.9. The van der Waals surface area contributed by atoms with E-state index in [1.165, 1.54) is 54.7 Å². The van der Waals surface area contributed by atoms with Crippen molar-refractivity contribution in [2.45, 2.75) is 0 Å². The van der Waals surface area contributed by atoms with Crippen molar-refractivity contribution in [1.82, 2.24) is 5.43 Å². The molecule has 0 spiro atoms. The fourth-order valence-electron chi connectivity index (χ4n) is 2.40. The summed E-state index contributed by atoms with van der Waals surface area (Å²) in [6.45, 7) is 0. The van der Waals surface area contributed by atoms with Crippen LogP contribution in [0.5, 0.6) is 0 Å². The number of benzene rings is 3. The van der Waals surface area contributed by atoms with E-state index < -0.39 is 23.4 Å². The van der Waals surface area contributed by atoms with Gasteiger partial charge in [0.15, 0.2) is 0 Å². The SMILES string of the molecule is O=C(Nc1ccccc1C(=O)NN=Cc1cccc(F)c1)c1ccc(F)cc1. The highest BCUT2D eigenvalue weighted by Crippen LogP contribution is 2.16. The van der Waals surface area contributed by atoms with Gasteiger partial charge in [0.2, 0.25) is 0 Å². The Morgan fingerprint density at radius 1 is 0.821 bits per heavy atom. The Hall–Kier alpha value is -3.87. The summed E-state index contributed by atoms with van der Waals surface area (Å²) in [5.74, 6) is -1.90. The van der Waals surface area contributed by atoms with E-state index in [1.54, 1.807) is 24.3 Å². The van der Waals surface area contributed by atoms with Gasteiger partial charge in [0.1, 0.15) is 11.6 Å². The van der Waals surface area contributed by atoms with Crippen LogP contribution in [0, 0.1) is 11.6 Å². The zero-order chi connectivity index (χ0) is 19.9. The Labute approximate surface area is 159 Å². The lowest BCUT2D eigenvalue weighted by atomic mass is 10.1. The Kier molecular flexibility index (Phi) is 5.86. The van der Waals surface area contributed by atoms with E-state index in [-0.39, 0.29) is 16.8 Å². The molecule has 5 nitrogen and oxygen atoms in total. The van der Waals surface area contributed by atoms with Crippen LogP contribution >= 0.6 is 0 Å². The smallest absolute Gasteiger partial charge is 0.273 e. The number of carbonyl (C=O) groups excluding carboxylic acids is 2. The van der Waals surface area contributed by atoms with Crippen LogP contribution in [0.15, 0.2) is 77.9 Å². The predicted molar refractivity (Wildman–Crippen MR) is 102 cm³/mol. The molecule has 0 bridgehead atoms. The standard InChI is InChI=1S/C21H15F2N3O2/c22-16-10-8-15(9-11-16)20(27)25-19-7-2-1-6-18(19)21(28)26-24-13-14-4-3-5-17(23)12-14/h1-13H,(H,25,27)(H,26,28). The molecule has 0 aromatic heterocycles. The molecule has 0 radical (unpaired) electrons. The second kappa shape index (κ2) is 8.68. The van der Waals surface area contributed by atoms with Crippen molar-refractivity contribution in [2.24, 2.45) is 5.10 Å². The lowest BCUT2D eigenvalue weighted by Gasteiger charge is -2.10. The molecule has 0 atom stereocenters. The second-order valence-electron chi connectivity index (χ2n) is 5.76. The number of rotatable bonds is 5. The Morgan fingerprint density at radius 2 is 1.57 bits per heavy atom. The summed E-state index contributed by atoms with van der Waals surface area (Å²) in [5, 5.41) is 6.42. The summed E-state index contributed by atoms with van der Waals surface area (Å²) in [6.07, 6.45) is 1.31. The van der Waals surface area contributed by atoms with E-state index in [1.807, 2.05) is 0 Å². The maximum Gasteiger partial charge on any atom is 0.273 e. The number of amides is 2. The number of anilines is 1. The van der Waals surface area contributed by atoms with Crippen molar-refractivity contribution in [1.29, 1.82) is 0 Å². The van der Waals surface area contributed by atoms with Gasteiger partial charge in [-0.25, -0.2) is 14.2 Å². The van der Waals surface area contributed by atoms with E-state index in [9.17, 15) is 18.4 Å². The Morgan fingerprint density at radius 3 is 2.32 bits per heavy atom. The fourth-order valence-corrected chi connectivity index (χ4v) is 2.40. The van der Waals surface area contributed by atoms with Crippen LogP contribution < -0.4 is 10.7 Å². The molecule has 3 aromatic rings. The van der Waals surface area contributed by atoms with Crippen LogP contribution in [-0.2, 0) is 0 Å². The number of para-hydroxylation sites is 1. The van der Waals surface area contributed by atoms with Crippen molar-refractivity contribution in [3.05, 3.63) is 101 Å². The maximum atomic E-state index is 13.1. The van der Waals surface area contributed by atoms with E-state index in [0.29, 0.717) is 5.56 Å². The average Bonchev–Trinajstić information content (AvgIpc) is 2.69. The lowest BCUT2D eigenvalue weighted by Crippen LogP contribution is -2.21. The number of hydrogen-bond donors (Lipinski definition) is 2. The molecular formula is C21H15F2N3O2. The number of nitrogens with one attached hydrogen (secondary N) is 2. The molecule has 3 rings (SSSR count). The third kappa shape index (κ3) is 4.85. The molecule has 0 saturated heterocycles. The first-order valence-corrected chi connectivity index (χ1v) is 8.28. The molecule has 2 amide bonds. The number of halogens is 2. The molecule has 0 aliphatic heterocycles. The Balaban J connectivity index is 1.71. The average molecular weight is 379 g/mol. The monoisotopic (exact) mass is 379 g/mol. The number of nitrogens with zero attached hydrogens (tertiary/aromatic N) is 1. The summed E-state index contributed by atoms with van der Waals surface area (Å²) in [4.78, 5) is 24.7. The van der Waals surface area contributed by atoms with Crippen LogP contribution in [0.25, 0.3) is 0 Å². The summed E-state index contributed by atoms with van der Waals surface area (Å²) in [5.41, 5.74) is 3.53. The fraction of sp³-hybridized carbons (Fsp3) is 0. The van der Waals surface area contributed by atoms with Gasteiger partial charge >= 0.3 is 0 Å². The molecule has 28 heavy (non-hydrogen) atoms. The molecule has 0 fully saturated rings. The van der Waals surface area contributed by atoms with Gasteiger partial charge in [0.05, 0.1) is 17.5 Å². The van der Waals surface area contributed by atoms with E-state index in [2.05, 4.69) is 15.8 Å². The highest BCUT2D eigenvalue weighted by Gasteiger charge is 2.13. The van der Waals surface area contributed by atoms with E-state index in [0.717, 1.165) is 0 Å².